The van der Waals surface area contributed by atoms with E-state index in [2.05, 4.69) is 10.3 Å². The molecule has 1 aromatic carbocycles. The fourth-order valence-electron chi connectivity index (χ4n) is 3.21. The molecule has 1 heterocycles. The van der Waals surface area contributed by atoms with Crippen molar-refractivity contribution < 1.29 is 9.53 Å². The zero-order valence-electron chi connectivity index (χ0n) is 13.2. The summed E-state index contributed by atoms with van der Waals surface area (Å²) in [7, 11) is 0. The molecule has 1 aromatic heterocycles. The Morgan fingerprint density at radius 2 is 2.04 bits per heavy atom. The highest BCUT2D eigenvalue weighted by molar-refractivity contribution is 5.67. The first kappa shape index (κ1) is 15.6. The molecule has 1 N–H and O–H groups in total. The third kappa shape index (κ3) is 4.34. The second-order valence-electron chi connectivity index (χ2n) is 6.06. The van der Waals surface area contributed by atoms with Crippen molar-refractivity contribution in [1.29, 1.82) is 0 Å². The van der Waals surface area contributed by atoms with Crippen LogP contribution in [0.25, 0.3) is 0 Å². The molecule has 5 heteroatoms. The van der Waals surface area contributed by atoms with Crippen LogP contribution in [0.4, 0.5) is 4.79 Å². The van der Waals surface area contributed by atoms with Crippen LogP contribution in [-0.2, 0) is 11.3 Å². The lowest BCUT2D eigenvalue weighted by atomic mass is 9.87. The third-order valence-electron chi connectivity index (χ3n) is 4.42. The van der Waals surface area contributed by atoms with Crippen molar-refractivity contribution in [2.24, 2.45) is 5.92 Å². The van der Waals surface area contributed by atoms with Crippen LogP contribution in [0.15, 0.2) is 49.1 Å². The Morgan fingerprint density at radius 1 is 1.26 bits per heavy atom. The van der Waals surface area contributed by atoms with Gasteiger partial charge in [0, 0.05) is 12.4 Å². The summed E-state index contributed by atoms with van der Waals surface area (Å²) >= 11 is 0. The van der Waals surface area contributed by atoms with Gasteiger partial charge in [-0.1, -0.05) is 49.6 Å². The molecule has 1 unspecified atom stereocenters. The van der Waals surface area contributed by atoms with Crippen molar-refractivity contribution in [3.63, 3.8) is 0 Å². The van der Waals surface area contributed by atoms with Crippen molar-refractivity contribution in [2.75, 3.05) is 0 Å². The number of carbonyl (C=O) groups is 1. The molecule has 0 aliphatic heterocycles. The van der Waals surface area contributed by atoms with Crippen LogP contribution in [0.1, 0.15) is 43.8 Å². The van der Waals surface area contributed by atoms with E-state index in [0.717, 1.165) is 18.4 Å². The molecule has 122 valence electrons. The van der Waals surface area contributed by atoms with Crippen LogP contribution >= 0.6 is 0 Å². The van der Waals surface area contributed by atoms with Gasteiger partial charge in [-0.05, 0) is 24.3 Å². The first-order valence-corrected chi connectivity index (χ1v) is 8.27. The summed E-state index contributed by atoms with van der Waals surface area (Å²) in [5.74, 6) is 0.433. The molecule has 0 radical (unpaired) electrons. The number of alkyl carbamates (subject to hydrolysis) is 1. The number of hydrogen-bond acceptors (Lipinski definition) is 3. The Kier molecular flexibility index (Phi) is 5.29. The van der Waals surface area contributed by atoms with Crippen LogP contribution in [-0.4, -0.2) is 15.6 Å². The molecule has 1 aliphatic carbocycles. The monoisotopic (exact) mass is 313 g/mol. The average molecular weight is 313 g/mol. The van der Waals surface area contributed by atoms with Crippen molar-refractivity contribution in [2.45, 2.75) is 44.9 Å². The standard InChI is InChI=1S/C18H23N3O2/c22-18(23-13-15-7-3-1-4-8-15)20-17(21-12-11-19-14-21)16-9-5-2-6-10-16/h1,3-4,7-8,11-12,14,16-17H,2,5-6,9-10,13H2,(H,20,22). The normalized spacial score (nSPS) is 16.7. The molecular weight excluding hydrogens is 290 g/mol. The minimum absolute atomic E-state index is 0.0823. The van der Waals surface area contributed by atoms with E-state index in [1.807, 2.05) is 41.1 Å². The fraction of sp³-hybridized carbons (Fsp3) is 0.444. The molecule has 0 bridgehead atoms. The van der Waals surface area contributed by atoms with E-state index in [-0.39, 0.29) is 18.9 Å². The second kappa shape index (κ2) is 7.81. The number of carbonyl (C=O) groups excluding carboxylic acids is 1. The highest BCUT2D eigenvalue weighted by Gasteiger charge is 2.26. The van der Waals surface area contributed by atoms with Crippen LogP contribution < -0.4 is 5.32 Å². The van der Waals surface area contributed by atoms with Gasteiger partial charge in [0.15, 0.2) is 0 Å². The Morgan fingerprint density at radius 3 is 2.74 bits per heavy atom. The summed E-state index contributed by atoms with van der Waals surface area (Å²) in [5, 5.41) is 3.02. The van der Waals surface area contributed by atoms with Gasteiger partial charge in [0.1, 0.15) is 12.8 Å². The maximum Gasteiger partial charge on any atom is 0.409 e. The Balaban J connectivity index is 1.60. The third-order valence-corrected chi connectivity index (χ3v) is 4.42. The van der Waals surface area contributed by atoms with Gasteiger partial charge in [0.25, 0.3) is 0 Å². The van der Waals surface area contributed by atoms with E-state index in [1.54, 1.807) is 12.5 Å². The number of imidazole rings is 1. The maximum atomic E-state index is 12.2. The van der Waals surface area contributed by atoms with Crippen molar-refractivity contribution in [3.05, 3.63) is 54.6 Å². The van der Waals surface area contributed by atoms with E-state index in [4.69, 9.17) is 4.74 Å². The Bertz CT molecular complexity index is 592. The Hall–Kier alpha value is -2.30. The molecule has 1 atom stereocenters. The zero-order valence-corrected chi connectivity index (χ0v) is 13.2. The largest absolute Gasteiger partial charge is 0.445 e. The molecule has 3 rings (SSSR count). The lowest BCUT2D eigenvalue weighted by Gasteiger charge is -2.31. The average Bonchev–Trinajstić information content (AvgIpc) is 3.14. The van der Waals surface area contributed by atoms with Gasteiger partial charge in [0.05, 0.1) is 6.33 Å². The number of amides is 1. The maximum absolute atomic E-state index is 12.2. The van der Waals surface area contributed by atoms with Gasteiger partial charge in [-0.3, -0.25) is 0 Å². The lowest BCUT2D eigenvalue weighted by molar-refractivity contribution is 0.118. The molecule has 2 aromatic rings. The molecule has 1 fully saturated rings. The van der Waals surface area contributed by atoms with Crippen LogP contribution in [0.3, 0.4) is 0 Å². The van der Waals surface area contributed by atoms with Gasteiger partial charge in [0.2, 0.25) is 0 Å². The number of nitrogens with one attached hydrogen (secondary N) is 1. The fourth-order valence-corrected chi connectivity index (χ4v) is 3.21. The SMILES string of the molecule is O=C(NC(C1CCCCC1)n1ccnc1)OCc1ccccc1. The van der Waals surface area contributed by atoms with Crippen molar-refractivity contribution >= 4 is 6.09 Å². The molecule has 0 spiro atoms. The number of ether oxygens (including phenoxy) is 1. The molecule has 0 saturated heterocycles. The highest BCUT2D eigenvalue weighted by Crippen LogP contribution is 2.31. The van der Waals surface area contributed by atoms with Gasteiger partial charge in [-0.15, -0.1) is 0 Å². The summed E-state index contributed by atoms with van der Waals surface area (Å²) in [5.41, 5.74) is 0.986. The quantitative estimate of drug-likeness (QED) is 0.911. The topological polar surface area (TPSA) is 56.2 Å². The lowest BCUT2D eigenvalue weighted by Crippen LogP contribution is -2.38. The Labute approximate surface area is 136 Å². The molecular formula is C18H23N3O2. The van der Waals surface area contributed by atoms with Crippen molar-refractivity contribution in [3.8, 4) is 0 Å². The molecule has 23 heavy (non-hydrogen) atoms. The summed E-state index contributed by atoms with van der Waals surface area (Å²) in [6.07, 6.45) is 10.9. The molecule has 1 aliphatic rings. The highest BCUT2D eigenvalue weighted by atomic mass is 16.5. The second-order valence-corrected chi connectivity index (χ2v) is 6.06. The predicted octanol–water partition coefficient (Wildman–Crippen LogP) is 3.89. The van der Waals surface area contributed by atoms with E-state index in [9.17, 15) is 4.79 Å². The van der Waals surface area contributed by atoms with E-state index < -0.39 is 0 Å². The predicted molar refractivity (Wildman–Crippen MR) is 87.6 cm³/mol. The molecule has 1 saturated carbocycles. The van der Waals surface area contributed by atoms with Gasteiger partial charge < -0.3 is 14.6 Å². The number of nitrogens with zero attached hydrogens (tertiary/aromatic N) is 2. The van der Waals surface area contributed by atoms with Gasteiger partial charge in [-0.2, -0.15) is 0 Å². The van der Waals surface area contributed by atoms with Gasteiger partial charge >= 0.3 is 6.09 Å². The number of aromatic nitrogens is 2. The minimum atomic E-state index is -0.377. The summed E-state index contributed by atoms with van der Waals surface area (Å²) in [6.45, 7) is 0.286. The minimum Gasteiger partial charge on any atom is -0.445 e. The summed E-state index contributed by atoms with van der Waals surface area (Å²) in [4.78, 5) is 16.3. The van der Waals surface area contributed by atoms with Crippen LogP contribution in [0.2, 0.25) is 0 Å². The van der Waals surface area contributed by atoms with Crippen molar-refractivity contribution in [1.82, 2.24) is 14.9 Å². The van der Waals surface area contributed by atoms with Gasteiger partial charge in [-0.25, -0.2) is 9.78 Å². The number of hydrogen-bond donors (Lipinski definition) is 1. The van der Waals surface area contributed by atoms with E-state index in [0.29, 0.717) is 5.92 Å². The smallest absolute Gasteiger partial charge is 0.409 e. The number of benzene rings is 1. The molecule has 1 amide bonds. The zero-order chi connectivity index (χ0) is 15.9. The first-order valence-electron chi connectivity index (χ1n) is 8.27. The van der Waals surface area contributed by atoms with Crippen LogP contribution in [0.5, 0.6) is 0 Å². The van der Waals surface area contributed by atoms with Crippen LogP contribution in [0, 0.1) is 5.92 Å². The summed E-state index contributed by atoms with van der Waals surface area (Å²) in [6, 6.07) is 9.71. The summed E-state index contributed by atoms with van der Waals surface area (Å²) < 4.78 is 7.34. The van der Waals surface area contributed by atoms with E-state index >= 15 is 0 Å². The first-order chi connectivity index (χ1) is 11.3. The van der Waals surface area contributed by atoms with E-state index in [1.165, 1.54) is 19.3 Å². The molecule has 5 nitrogen and oxygen atoms in total. The number of rotatable bonds is 5.